The average Bonchev–Trinajstić information content (AvgIpc) is 2.36. The van der Waals surface area contributed by atoms with Crippen molar-refractivity contribution in [2.24, 2.45) is 5.92 Å². The van der Waals surface area contributed by atoms with E-state index in [1.54, 1.807) is 0 Å². The first kappa shape index (κ1) is 12.7. The van der Waals surface area contributed by atoms with E-state index in [0.29, 0.717) is 5.92 Å². The van der Waals surface area contributed by atoms with Crippen LogP contribution in [0.3, 0.4) is 0 Å². The third kappa shape index (κ3) is 2.17. The molecule has 2 aromatic carbocycles. The zero-order valence-electron chi connectivity index (χ0n) is 12.2. The first-order chi connectivity index (χ1) is 8.98. The van der Waals surface area contributed by atoms with E-state index in [1.807, 2.05) is 0 Å². The second-order valence-corrected chi connectivity index (χ2v) is 6.57. The molecule has 0 fully saturated rings. The maximum Gasteiger partial charge on any atom is 0.0858 e. The third-order valence-corrected chi connectivity index (χ3v) is 4.04. The van der Waals surface area contributed by atoms with Crippen molar-refractivity contribution in [2.75, 3.05) is 0 Å². The van der Waals surface area contributed by atoms with Gasteiger partial charge in [0.15, 0.2) is 0 Å². The Hall–Kier alpha value is -1.34. The summed E-state index contributed by atoms with van der Waals surface area (Å²) in [5, 5.41) is 2.73. The predicted octanol–water partition coefficient (Wildman–Crippen LogP) is 4.89. The molecular weight excluding hydrogens is 232 g/mol. The fraction of sp³-hybridized carbons (Fsp3) is 0.444. The Morgan fingerprint density at radius 3 is 2.58 bits per heavy atom. The minimum Gasteiger partial charge on any atom is -0.367 e. The predicted molar refractivity (Wildman–Crippen MR) is 80.4 cm³/mol. The minimum absolute atomic E-state index is 0.0773. The van der Waals surface area contributed by atoms with E-state index in [9.17, 15) is 0 Å². The third-order valence-electron chi connectivity index (χ3n) is 4.04. The van der Waals surface area contributed by atoms with Gasteiger partial charge in [0.05, 0.1) is 11.7 Å². The molecule has 1 heteroatoms. The summed E-state index contributed by atoms with van der Waals surface area (Å²) >= 11 is 0. The zero-order chi connectivity index (χ0) is 13.6. The highest BCUT2D eigenvalue weighted by Gasteiger charge is 2.35. The molecule has 1 nitrogen and oxygen atoms in total. The van der Waals surface area contributed by atoms with Crippen LogP contribution in [0, 0.1) is 5.92 Å². The van der Waals surface area contributed by atoms with Crippen LogP contribution in [0.4, 0.5) is 0 Å². The Bertz CT molecular complexity index is 610. The number of benzene rings is 2. The highest BCUT2D eigenvalue weighted by Crippen LogP contribution is 2.42. The Kier molecular flexibility index (Phi) is 2.90. The van der Waals surface area contributed by atoms with Gasteiger partial charge in [-0.1, -0.05) is 50.2 Å². The molecule has 1 heterocycles. The monoisotopic (exact) mass is 254 g/mol. The molecule has 0 saturated carbocycles. The van der Waals surface area contributed by atoms with Gasteiger partial charge in [-0.15, -0.1) is 0 Å². The standard InChI is InChI=1S/C18H22O/c1-12(2)17-15-10-9-13-7-5-6-8-14(13)16(15)11-18(3,4)19-17/h5-10,12,17H,11H2,1-4H3. The van der Waals surface area contributed by atoms with Crippen molar-refractivity contribution in [1.82, 2.24) is 0 Å². The molecule has 19 heavy (non-hydrogen) atoms. The smallest absolute Gasteiger partial charge is 0.0858 e. The molecule has 0 radical (unpaired) electrons. The lowest BCUT2D eigenvalue weighted by atomic mass is 9.82. The molecule has 2 aromatic rings. The van der Waals surface area contributed by atoms with Gasteiger partial charge in [-0.3, -0.25) is 0 Å². The largest absolute Gasteiger partial charge is 0.367 e. The van der Waals surface area contributed by atoms with Crippen molar-refractivity contribution in [3.8, 4) is 0 Å². The summed E-state index contributed by atoms with van der Waals surface area (Å²) in [7, 11) is 0. The fourth-order valence-corrected chi connectivity index (χ4v) is 3.19. The molecule has 1 unspecified atom stereocenters. The molecule has 100 valence electrons. The van der Waals surface area contributed by atoms with E-state index in [-0.39, 0.29) is 11.7 Å². The van der Waals surface area contributed by atoms with Crippen molar-refractivity contribution in [1.29, 1.82) is 0 Å². The lowest BCUT2D eigenvalue weighted by Crippen LogP contribution is -2.36. The van der Waals surface area contributed by atoms with Crippen LogP contribution < -0.4 is 0 Å². The number of fused-ring (bicyclic) bond motifs is 3. The van der Waals surface area contributed by atoms with Gasteiger partial charge in [0.1, 0.15) is 0 Å². The van der Waals surface area contributed by atoms with Crippen molar-refractivity contribution < 1.29 is 4.74 Å². The topological polar surface area (TPSA) is 9.23 Å². The van der Waals surface area contributed by atoms with Crippen molar-refractivity contribution in [3.05, 3.63) is 47.5 Å². The summed E-state index contributed by atoms with van der Waals surface area (Å²) in [6.07, 6.45) is 1.20. The van der Waals surface area contributed by atoms with E-state index < -0.39 is 0 Å². The summed E-state index contributed by atoms with van der Waals surface area (Å²) in [4.78, 5) is 0. The van der Waals surface area contributed by atoms with Crippen LogP contribution in [0.2, 0.25) is 0 Å². The molecule has 0 spiro atoms. The van der Waals surface area contributed by atoms with Crippen molar-refractivity contribution >= 4 is 10.8 Å². The molecule has 1 aliphatic rings. The first-order valence-electron chi connectivity index (χ1n) is 7.16. The summed E-state index contributed by atoms with van der Waals surface area (Å²) in [5.74, 6) is 0.500. The quantitative estimate of drug-likeness (QED) is 0.704. The first-order valence-corrected chi connectivity index (χ1v) is 7.16. The maximum absolute atomic E-state index is 6.31. The Morgan fingerprint density at radius 1 is 1.11 bits per heavy atom. The lowest BCUT2D eigenvalue weighted by Gasteiger charge is -2.40. The van der Waals surface area contributed by atoms with Crippen LogP contribution in [0.15, 0.2) is 36.4 Å². The van der Waals surface area contributed by atoms with E-state index in [4.69, 9.17) is 4.74 Å². The second kappa shape index (κ2) is 4.35. The van der Waals surface area contributed by atoms with Crippen LogP contribution >= 0.6 is 0 Å². The lowest BCUT2D eigenvalue weighted by molar-refractivity contribution is -0.103. The molecule has 0 amide bonds. The Labute approximate surface area is 115 Å². The molecule has 0 aliphatic carbocycles. The number of rotatable bonds is 1. The molecule has 1 aliphatic heterocycles. The van der Waals surface area contributed by atoms with Crippen LogP contribution in [0.25, 0.3) is 10.8 Å². The van der Waals surface area contributed by atoms with Crippen LogP contribution in [0.5, 0.6) is 0 Å². The van der Waals surface area contributed by atoms with Gasteiger partial charge in [-0.05, 0) is 41.7 Å². The molecule has 1 atom stereocenters. The summed E-state index contributed by atoms with van der Waals surface area (Å²) in [6.45, 7) is 8.89. The van der Waals surface area contributed by atoms with E-state index in [1.165, 1.54) is 21.9 Å². The average molecular weight is 254 g/mol. The summed E-state index contributed by atoms with van der Waals surface area (Å²) < 4.78 is 6.31. The summed E-state index contributed by atoms with van der Waals surface area (Å²) in [6, 6.07) is 13.2. The number of hydrogen-bond donors (Lipinski definition) is 0. The minimum atomic E-state index is -0.0773. The molecule has 0 aromatic heterocycles. The van der Waals surface area contributed by atoms with E-state index >= 15 is 0 Å². The van der Waals surface area contributed by atoms with Crippen LogP contribution in [-0.4, -0.2) is 5.60 Å². The number of ether oxygens (including phenoxy) is 1. The van der Waals surface area contributed by atoms with Crippen LogP contribution in [-0.2, 0) is 11.2 Å². The highest BCUT2D eigenvalue weighted by molar-refractivity contribution is 5.87. The Balaban J connectivity index is 2.25. The SMILES string of the molecule is CC(C)C1OC(C)(C)Cc2c1ccc1ccccc21. The number of hydrogen-bond acceptors (Lipinski definition) is 1. The zero-order valence-corrected chi connectivity index (χ0v) is 12.2. The molecular formula is C18H22O. The Morgan fingerprint density at radius 2 is 1.84 bits per heavy atom. The van der Waals surface area contributed by atoms with Gasteiger partial charge in [0.2, 0.25) is 0 Å². The fourth-order valence-electron chi connectivity index (χ4n) is 3.19. The van der Waals surface area contributed by atoms with Gasteiger partial charge < -0.3 is 4.74 Å². The van der Waals surface area contributed by atoms with Gasteiger partial charge in [0, 0.05) is 6.42 Å². The van der Waals surface area contributed by atoms with Crippen molar-refractivity contribution in [3.63, 3.8) is 0 Å². The van der Waals surface area contributed by atoms with Gasteiger partial charge in [0.25, 0.3) is 0 Å². The maximum atomic E-state index is 6.31. The highest BCUT2D eigenvalue weighted by atomic mass is 16.5. The van der Waals surface area contributed by atoms with Gasteiger partial charge >= 0.3 is 0 Å². The van der Waals surface area contributed by atoms with Gasteiger partial charge in [-0.2, -0.15) is 0 Å². The molecule has 0 saturated heterocycles. The second-order valence-electron chi connectivity index (χ2n) is 6.57. The molecule has 0 bridgehead atoms. The van der Waals surface area contributed by atoms with E-state index in [2.05, 4.69) is 64.1 Å². The summed E-state index contributed by atoms with van der Waals surface area (Å²) in [5.41, 5.74) is 2.78. The molecule has 0 N–H and O–H groups in total. The van der Waals surface area contributed by atoms with Gasteiger partial charge in [-0.25, -0.2) is 0 Å². The van der Waals surface area contributed by atoms with Crippen molar-refractivity contribution in [2.45, 2.75) is 45.8 Å². The van der Waals surface area contributed by atoms with E-state index in [0.717, 1.165) is 6.42 Å². The molecule has 3 rings (SSSR count). The van der Waals surface area contributed by atoms with Crippen LogP contribution in [0.1, 0.15) is 44.9 Å². The normalized spacial score (nSPS) is 21.6.